The molecule has 21 heavy (non-hydrogen) atoms. The number of nitrogens with one attached hydrogen (secondary N) is 1. The lowest BCUT2D eigenvalue weighted by molar-refractivity contribution is 0.496. The second-order valence-corrected chi connectivity index (χ2v) is 5.81. The van der Waals surface area contributed by atoms with Gasteiger partial charge in [-0.1, -0.05) is 6.92 Å². The zero-order valence-corrected chi connectivity index (χ0v) is 13.8. The highest BCUT2D eigenvalue weighted by Crippen LogP contribution is 2.16. The van der Waals surface area contributed by atoms with Crippen molar-refractivity contribution in [2.75, 3.05) is 6.54 Å². The molecule has 0 amide bonds. The third-order valence-corrected chi connectivity index (χ3v) is 4.02. The standard InChI is InChI=1S/C16H27N5/c1-6-8-17-15(10-14-7-9-20(4)19-14)11-16-12(2)18-21(5)13(16)3/h7,9,15,17H,6,8,10-11H2,1-5H3. The maximum absolute atomic E-state index is 4.52. The molecule has 2 aromatic heterocycles. The molecule has 1 unspecified atom stereocenters. The van der Waals surface area contributed by atoms with Crippen LogP contribution < -0.4 is 5.32 Å². The molecule has 0 fully saturated rings. The Morgan fingerprint density at radius 3 is 2.48 bits per heavy atom. The highest BCUT2D eigenvalue weighted by molar-refractivity contribution is 5.25. The zero-order valence-electron chi connectivity index (χ0n) is 13.8. The van der Waals surface area contributed by atoms with Crippen molar-refractivity contribution in [3.63, 3.8) is 0 Å². The molecule has 0 aliphatic carbocycles. The van der Waals surface area contributed by atoms with E-state index in [2.05, 4.69) is 42.4 Å². The minimum absolute atomic E-state index is 0.404. The van der Waals surface area contributed by atoms with Gasteiger partial charge in [-0.15, -0.1) is 0 Å². The van der Waals surface area contributed by atoms with Crippen molar-refractivity contribution in [1.29, 1.82) is 0 Å². The van der Waals surface area contributed by atoms with Gasteiger partial charge in [0, 0.05) is 38.4 Å². The van der Waals surface area contributed by atoms with Gasteiger partial charge in [0.05, 0.1) is 11.4 Å². The van der Waals surface area contributed by atoms with E-state index in [1.54, 1.807) is 0 Å². The summed E-state index contributed by atoms with van der Waals surface area (Å²) in [4.78, 5) is 0. The quantitative estimate of drug-likeness (QED) is 0.847. The summed E-state index contributed by atoms with van der Waals surface area (Å²) in [6.07, 6.45) is 5.10. The average Bonchev–Trinajstić information content (AvgIpc) is 2.94. The van der Waals surface area contributed by atoms with Gasteiger partial charge >= 0.3 is 0 Å². The Bertz CT molecular complexity index is 582. The molecule has 0 aliphatic rings. The van der Waals surface area contributed by atoms with E-state index in [1.807, 2.05) is 29.7 Å². The van der Waals surface area contributed by atoms with E-state index in [0.29, 0.717) is 6.04 Å². The minimum atomic E-state index is 0.404. The van der Waals surface area contributed by atoms with Gasteiger partial charge in [-0.25, -0.2) is 0 Å². The molecule has 2 heterocycles. The molecule has 0 aliphatic heterocycles. The first kappa shape index (κ1) is 15.8. The largest absolute Gasteiger partial charge is 0.313 e. The Hall–Kier alpha value is -1.62. The Kier molecular flexibility index (Phi) is 5.17. The summed E-state index contributed by atoms with van der Waals surface area (Å²) in [7, 11) is 3.98. The Balaban J connectivity index is 2.12. The minimum Gasteiger partial charge on any atom is -0.313 e. The van der Waals surface area contributed by atoms with Gasteiger partial charge in [-0.3, -0.25) is 9.36 Å². The van der Waals surface area contributed by atoms with E-state index in [1.165, 1.54) is 11.3 Å². The molecular formula is C16H27N5. The SMILES string of the molecule is CCCNC(Cc1ccn(C)n1)Cc1c(C)nn(C)c1C. The second kappa shape index (κ2) is 6.89. The fourth-order valence-corrected chi connectivity index (χ4v) is 2.75. The highest BCUT2D eigenvalue weighted by atomic mass is 15.3. The Morgan fingerprint density at radius 1 is 1.19 bits per heavy atom. The molecule has 1 atom stereocenters. The summed E-state index contributed by atoms with van der Waals surface area (Å²) in [5.41, 5.74) is 4.91. The van der Waals surface area contributed by atoms with Crippen molar-refractivity contribution in [2.24, 2.45) is 14.1 Å². The average molecular weight is 289 g/mol. The van der Waals surface area contributed by atoms with Crippen molar-refractivity contribution in [3.8, 4) is 0 Å². The second-order valence-electron chi connectivity index (χ2n) is 5.81. The lowest BCUT2D eigenvalue weighted by Gasteiger charge is -2.18. The van der Waals surface area contributed by atoms with Crippen LogP contribution in [-0.2, 0) is 26.9 Å². The number of hydrogen-bond donors (Lipinski definition) is 1. The van der Waals surface area contributed by atoms with E-state index in [4.69, 9.17) is 0 Å². The molecule has 5 nitrogen and oxygen atoms in total. The lowest BCUT2D eigenvalue weighted by atomic mass is 10.00. The predicted octanol–water partition coefficient (Wildman–Crippen LogP) is 1.92. The smallest absolute Gasteiger partial charge is 0.0640 e. The molecule has 0 aromatic carbocycles. The van der Waals surface area contributed by atoms with Crippen LogP contribution in [0, 0.1) is 13.8 Å². The first-order chi connectivity index (χ1) is 10.0. The number of hydrogen-bond acceptors (Lipinski definition) is 3. The summed E-state index contributed by atoms with van der Waals surface area (Å²) >= 11 is 0. The summed E-state index contributed by atoms with van der Waals surface area (Å²) in [6.45, 7) is 7.48. The van der Waals surface area contributed by atoms with E-state index < -0.39 is 0 Å². The summed E-state index contributed by atoms with van der Waals surface area (Å²) in [5, 5.41) is 12.7. The Labute approximate surface area is 127 Å². The molecule has 2 rings (SSSR count). The van der Waals surface area contributed by atoms with E-state index >= 15 is 0 Å². The van der Waals surface area contributed by atoms with Gasteiger partial charge in [0.1, 0.15) is 0 Å². The lowest BCUT2D eigenvalue weighted by Crippen LogP contribution is -2.34. The van der Waals surface area contributed by atoms with Gasteiger partial charge in [0.15, 0.2) is 0 Å². The summed E-state index contributed by atoms with van der Waals surface area (Å²) in [5.74, 6) is 0. The third-order valence-electron chi connectivity index (χ3n) is 4.02. The van der Waals surface area contributed by atoms with Crippen molar-refractivity contribution >= 4 is 0 Å². The van der Waals surface area contributed by atoms with Gasteiger partial charge < -0.3 is 5.32 Å². The van der Waals surface area contributed by atoms with Crippen LogP contribution in [0.3, 0.4) is 0 Å². The van der Waals surface area contributed by atoms with Crippen LogP contribution in [-0.4, -0.2) is 32.1 Å². The highest BCUT2D eigenvalue weighted by Gasteiger charge is 2.17. The van der Waals surface area contributed by atoms with Crippen LogP contribution in [0.4, 0.5) is 0 Å². The molecule has 0 spiro atoms. The maximum Gasteiger partial charge on any atom is 0.0640 e. The molecule has 5 heteroatoms. The van der Waals surface area contributed by atoms with Crippen LogP contribution in [0.5, 0.6) is 0 Å². The Morgan fingerprint density at radius 2 is 1.95 bits per heavy atom. The molecule has 0 saturated carbocycles. The number of aromatic nitrogens is 4. The number of rotatable bonds is 7. The first-order valence-electron chi connectivity index (χ1n) is 7.72. The molecule has 0 saturated heterocycles. The van der Waals surface area contributed by atoms with Crippen LogP contribution in [0.25, 0.3) is 0 Å². The topological polar surface area (TPSA) is 47.7 Å². The van der Waals surface area contributed by atoms with Crippen LogP contribution in [0.2, 0.25) is 0 Å². The fraction of sp³-hybridized carbons (Fsp3) is 0.625. The molecular weight excluding hydrogens is 262 g/mol. The van der Waals surface area contributed by atoms with Crippen LogP contribution in [0.15, 0.2) is 12.3 Å². The third kappa shape index (κ3) is 3.94. The number of nitrogens with zero attached hydrogens (tertiary/aromatic N) is 4. The van der Waals surface area contributed by atoms with Crippen molar-refractivity contribution in [1.82, 2.24) is 24.9 Å². The van der Waals surface area contributed by atoms with E-state index in [0.717, 1.165) is 37.2 Å². The summed E-state index contributed by atoms with van der Waals surface area (Å²) < 4.78 is 3.84. The van der Waals surface area contributed by atoms with E-state index in [-0.39, 0.29) is 0 Å². The van der Waals surface area contributed by atoms with E-state index in [9.17, 15) is 0 Å². The van der Waals surface area contributed by atoms with Gasteiger partial charge in [0.2, 0.25) is 0 Å². The maximum atomic E-state index is 4.52. The van der Waals surface area contributed by atoms with Crippen molar-refractivity contribution < 1.29 is 0 Å². The first-order valence-corrected chi connectivity index (χ1v) is 7.72. The van der Waals surface area contributed by atoms with Gasteiger partial charge in [-0.2, -0.15) is 10.2 Å². The zero-order chi connectivity index (χ0) is 15.4. The van der Waals surface area contributed by atoms with Gasteiger partial charge in [0.25, 0.3) is 0 Å². The molecule has 2 aromatic rings. The molecule has 116 valence electrons. The molecule has 0 radical (unpaired) electrons. The monoisotopic (exact) mass is 289 g/mol. The molecule has 1 N–H and O–H groups in total. The van der Waals surface area contributed by atoms with Crippen molar-refractivity contribution in [3.05, 3.63) is 34.9 Å². The predicted molar refractivity (Wildman–Crippen MR) is 85.4 cm³/mol. The van der Waals surface area contributed by atoms with Crippen molar-refractivity contribution in [2.45, 2.75) is 46.1 Å². The fourth-order valence-electron chi connectivity index (χ4n) is 2.75. The van der Waals surface area contributed by atoms with Gasteiger partial charge in [-0.05, 0) is 44.9 Å². The molecule has 0 bridgehead atoms. The van der Waals surface area contributed by atoms with Crippen LogP contribution in [0.1, 0.15) is 36.0 Å². The number of aryl methyl sites for hydroxylation is 3. The van der Waals surface area contributed by atoms with Crippen LogP contribution >= 0.6 is 0 Å². The summed E-state index contributed by atoms with van der Waals surface area (Å²) in [6, 6.07) is 2.50. The normalized spacial score (nSPS) is 12.8.